The standard InChI is InChI=1S/C27H26FN3O6S/c1-35-22-12-4-18(5-13-22)16-31(17-19-6-14-23(36-2)15-7-19)38(33,34)26-24(20-8-10-21(28)11-9-20)25(29-30-26)27(32)37-3/h4-15H,16-17H2,1-3H3,(H,29,30). The minimum absolute atomic E-state index is 0.00773. The van der Waals surface area contributed by atoms with Crippen molar-refractivity contribution in [3.63, 3.8) is 0 Å². The van der Waals surface area contributed by atoms with Crippen molar-refractivity contribution in [1.29, 1.82) is 0 Å². The molecule has 0 fully saturated rings. The maximum Gasteiger partial charge on any atom is 0.359 e. The normalized spacial score (nSPS) is 11.4. The highest BCUT2D eigenvalue weighted by Crippen LogP contribution is 2.33. The fourth-order valence-corrected chi connectivity index (χ4v) is 5.40. The molecule has 198 valence electrons. The number of rotatable bonds is 10. The molecule has 0 radical (unpaired) electrons. The number of sulfonamides is 1. The first-order valence-corrected chi connectivity index (χ1v) is 12.9. The predicted octanol–water partition coefficient (Wildman–Crippen LogP) is 4.41. The SMILES string of the molecule is COC(=O)c1n[nH]c(S(=O)(=O)N(Cc2ccc(OC)cc2)Cc2ccc(OC)cc2)c1-c1ccc(F)cc1. The van der Waals surface area contributed by atoms with Gasteiger partial charge in [-0.25, -0.2) is 17.6 Å². The van der Waals surface area contributed by atoms with Crippen LogP contribution in [0.25, 0.3) is 11.1 Å². The molecule has 0 saturated heterocycles. The Morgan fingerprint density at radius 2 is 1.34 bits per heavy atom. The number of carbonyl (C=O) groups excluding carboxylic acids is 1. The Kier molecular flexibility index (Phi) is 8.08. The molecule has 0 aliphatic carbocycles. The average Bonchev–Trinajstić information content (AvgIpc) is 3.39. The van der Waals surface area contributed by atoms with Gasteiger partial charge in [-0.05, 0) is 53.1 Å². The van der Waals surface area contributed by atoms with Gasteiger partial charge in [-0.15, -0.1) is 0 Å². The van der Waals surface area contributed by atoms with Gasteiger partial charge in [0, 0.05) is 13.1 Å². The molecular formula is C27H26FN3O6S. The zero-order valence-corrected chi connectivity index (χ0v) is 21.8. The number of hydrogen-bond acceptors (Lipinski definition) is 7. The number of halogens is 1. The molecule has 0 unspecified atom stereocenters. The van der Waals surface area contributed by atoms with Crippen LogP contribution in [0, 0.1) is 5.82 Å². The summed E-state index contributed by atoms with van der Waals surface area (Å²) in [6.45, 7) is 0.0155. The van der Waals surface area contributed by atoms with E-state index < -0.39 is 21.8 Å². The first-order chi connectivity index (χ1) is 18.3. The van der Waals surface area contributed by atoms with Gasteiger partial charge in [0.15, 0.2) is 10.7 Å². The molecule has 0 aliphatic heterocycles. The van der Waals surface area contributed by atoms with E-state index in [1.165, 1.54) is 35.7 Å². The maximum atomic E-state index is 14.2. The monoisotopic (exact) mass is 539 g/mol. The molecule has 0 spiro atoms. The largest absolute Gasteiger partial charge is 0.497 e. The topological polar surface area (TPSA) is 111 Å². The van der Waals surface area contributed by atoms with Crippen molar-refractivity contribution < 1.29 is 31.8 Å². The van der Waals surface area contributed by atoms with Crippen LogP contribution < -0.4 is 9.47 Å². The molecular weight excluding hydrogens is 513 g/mol. The molecule has 0 bridgehead atoms. The molecule has 4 aromatic rings. The van der Waals surface area contributed by atoms with Crippen LogP contribution in [0.1, 0.15) is 21.6 Å². The molecule has 38 heavy (non-hydrogen) atoms. The van der Waals surface area contributed by atoms with Crippen molar-refractivity contribution in [1.82, 2.24) is 14.5 Å². The van der Waals surface area contributed by atoms with Crippen molar-refractivity contribution in [3.8, 4) is 22.6 Å². The summed E-state index contributed by atoms with van der Waals surface area (Å²) in [5.41, 5.74) is 1.46. The summed E-state index contributed by atoms with van der Waals surface area (Å²) in [6.07, 6.45) is 0. The second kappa shape index (κ2) is 11.4. The van der Waals surface area contributed by atoms with Gasteiger partial charge in [-0.3, -0.25) is 5.10 Å². The lowest BCUT2D eigenvalue weighted by atomic mass is 10.1. The van der Waals surface area contributed by atoms with Gasteiger partial charge < -0.3 is 14.2 Å². The molecule has 9 nitrogen and oxygen atoms in total. The minimum atomic E-state index is -4.29. The molecule has 0 amide bonds. The molecule has 1 aromatic heterocycles. The number of benzene rings is 3. The zero-order chi connectivity index (χ0) is 27.3. The van der Waals surface area contributed by atoms with Gasteiger partial charge in [0.25, 0.3) is 10.0 Å². The van der Waals surface area contributed by atoms with E-state index in [4.69, 9.17) is 14.2 Å². The maximum absolute atomic E-state index is 14.2. The number of esters is 1. The number of nitrogens with zero attached hydrogens (tertiary/aromatic N) is 2. The van der Waals surface area contributed by atoms with Gasteiger partial charge in [0.2, 0.25) is 0 Å². The second-order valence-corrected chi connectivity index (χ2v) is 10.1. The van der Waals surface area contributed by atoms with Gasteiger partial charge in [0.05, 0.1) is 26.9 Å². The van der Waals surface area contributed by atoms with Crippen molar-refractivity contribution in [2.75, 3.05) is 21.3 Å². The first-order valence-electron chi connectivity index (χ1n) is 11.5. The van der Waals surface area contributed by atoms with E-state index in [2.05, 4.69) is 10.2 Å². The molecule has 3 aromatic carbocycles. The van der Waals surface area contributed by atoms with Crippen LogP contribution in [0.5, 0.6) is 11.5 Å². The number of hydrogen-bond donors (Lipinski definition) is 1. The number of methoxy groups -OCH3 is 3. The second-order valence-electron chi connectivity index (χ2n) is 8.24. The Morgan fingerprint density at radius 3 is 1.79 bits per heavy atom. The predicted molar refractivity (Wildman–Crippen MR) is 138 cm³/mol. The number of nitrogens with one attached hydrogen (secondary N) is 1. The summed E-state index contributed by atoms with van der Waals surface area (Å²) in [7, 11) is -0.0311. The number of H-pyrrole nitrogens is 1. The minimum Gasteiger partial charge on any atom is -0.497 e. The van der Waals surface area contributed by atoms with Crippen molar-refractivity contribution in [2.24, 2.45) is 0 Å². The lowest BCUT2D eigenvalue weighted by molar-refractivity contribution is 0.0595. The van der Waals surface area contributed by atoms with Crippen molar-refractivity contribution in [2.45, 2.75) is 18.1 Å². The van der Waals surface area contributed by atoms with Gasteiger partial charge >= 0.3 is 5.97 Å². The molecule has 1 N–H and O–H groups in total. The van der Waals surface area contributed by atoms with Crippen LogP contribution in [0.3, 0.4) is 0 Å². The van der Waals surface area contributed by atoms with E-state index in [9.17, 15) is 17.6 Å². The van der Waals surface area contributed by atoms with Crippen LogP contribution in [0.2, 0.25) is 0 Å². The van der Waals surface area contributed by atoms with Crippen LogP contribution in [-0.4, -0.2) is 50.2 Å². The number of carbonyl (C=O) groups is 1. The molecule has 0 saturated carbocycles. The van der Waals surface area contributed by atoms with E-state index in [1.54, 1.807) is 62.8 Å². The number of aromatic amines is 1. The quantitative estimate of drug-likeness (QED) is 0.297. The highest BCUT2D eigenvalue weighted by molar-refractivity contribution is 7.89. The third-order valence-electron chi connectivity index (χ3n) is 5.88. The Labute approximate surface area is 219 Å². The summed E-state index contributed by atoms with van der Waals surface area (Å²) >= 11 is 0. The Hall–Kier alpha value is -4.22. The van der Waals surface area contributed by atoms with Crippen molar-refractivity contribution in [3.05, 3.63) is 95.4 Å². The lowest BCUT2D eigenvalue weighted by Gasteiger charge is -2.23. The van der Waals surface area contributed by atoms with Crippen LogP contribution in [0.15, 0.2) is 77.8 Å². The highest BCUT2D eigenvalue weighted by atomic mass is 32.2. The smallest absolute Gasteiger partial charge is 0.359 e. The number of aromatic nitrogens is 2. The summed E-state index contributed by atoms with van der Waals surface area (Å²) in [5, 5.41) is 6.17. The molecule has 4 rings (SSSR count). The molecule has 11 heteroatoms. The fraction of sp³-hybridized carbons (Fsp3) is 0.185. The molecule has 0 aliphatic rings. The average molecular weight is 540 g/mol. The Balaban J connectivity index is 1.82. The summed E-state index contributed by atoms with van der Waals surface area (Å²) < 4.78 is 58.5. The molecule has 0 atom stereocenters. The third kappa shape index (κ3) is 5.68. The lowest BCUT2D eigenvalue weighted by Crippen LogP contribution is -2.31. The Morgan fingerprint density at radius 1 is 0.842 bits per heavy atom. The van der Waals surface area contributed by atoms with E-state index in [1.807, 2.05) is 0 Å². The Bertz CT molecular complexity index is 1450. The van der Waals surface area contributed by atoms with Crippen LogP contribution in [-0.2, 0) is 27.8 Å². The zero-order valence-electron chi connectivity index (χ0n) is 21.0. The highest BCUT2D eigenvalue weighted by Gasteiger charge is 2.34. The summed E-state index contributed by atoms with van der Waals surface area (Å²) in [6, 6.07) is 19.1. The van der Waals surface area contributed by atoms with E-state index >= 15 is 0 Å². The first kappa shape index (κ1) is 26.8. The summed E-state index contributed by atoms with van der Waals surface area (Å²) in [5.74, 6) is -0.0813. The van der Waals surface area contributed by atoms with Crippen LogP contribution >= 0.6 is 0 Å². The van der Waals surface area contributed by atoms with Gasteiger partial charge in [-0.2, -0.15) is 9.40 Å². The van der Waals surface area contributed by atoms with Crippen LogP contribution in [0.4, 0.5) is 4.39 Å². The van der Waals surface area contributed by atoms with E-state index in [0.717, 1.165) is 0 Å². The fourth-order valence-electron chi connectivity index (χ4n) is 3.87. The van der Waals surface area contributed by atoms with Gasteiger partial charge in [-0.1, -0.05) is 36.4 Å². The third-order valence-corrected chi connectivity index (χ3v) is 7.63. The van der Waals surface area contributed by atoms with Crippen molar-refractivity contribution >= 4 is 16.0 Å². The van der Waals surface area contributed by atoms with Gasteiger partial charge in [0.1, 0.15) is 17.3 Å². The molecule has 1 heterocycles. The van der Waals surface area contributed by atoms with E-state index in [0.29, 0.717) is 22.6 Å². The number of ether oxygens (including phenoxy) is 3. The van der Waals surface area contributed by atoms with E-state index in [-0.39, 0.29) is 34.9 Å². The summed E-state index contributed by atoms with van der Waals surface area (Å²) in [4.78, 5) is 12.5.